The zero-order valence-electron chi connectivity index (χ0n) is 8.90. The zero-order valence-corrected chi connectivity index (χ0v) is 9.72. The van der Waals surface area contributed by atoms with Crippen LogP contribution in [0.25, 0.3) is 10.8 Å². The first-order valence-electron chi connectivity index (χ1n) is 4.75. The highest BCUT2D eigenvalue weighted by Gasteiger charge is 2.22. The number of nitro benzene ring substituents is 1. The summed E-state index contributed by atoms with van der Waals surface area (Å²) in [6.45, 7) is 0. The van der Waals surface area contributed by atoms with Crippen molar-refractivity contribution in [1.82, 2.24) is 0 Å². The van der Waals surface area contributed by atoms with E-state index in [1.165, 1.54) is 18.2 Å². The van der Waals surface area contributed by atoms with Crippen LogP contribution in [0.4, 0.5) is 11.4 Å². The molecule has 3 N–H and O–H groups in total. The lowest BCUT2D eigenvalue weighted by Gasteiger charge is -2.06. The van der Waals surface area contributed by atoms with Crippen LogP contribution < -0.4 is 5.73 Å². The summed E-state index contributed by atoms with van der Waals surface area (Å²) in [7, 11) is -4.56. The van der Waals surface area contributed by atoms with E-state index < -0.39 is 25.6 Å². The van der Waals surface area contributed by atoms with Crippen molar-refractivity contribution in [3.8, 4) is 0 Å². The first-order valence-corrected chi connectivity index (χ1v) is 6.19. The average molecular weight is 268 g/mol. The molecule has 0 amide bonds. The maximum Gasteiger partial charge on any atom is 0.295 e. The molecule has 8 heteroatoms. The highest BCUT2D eigenvalue weighted by Crippen LogP contribution is 2.34. The predicted molar refractivity (Wildman–Crippen MR) is 64.8 cm³/mol. The van der Waals surface area contributed by atoms with Gasteiger partial charge < -0.3 is 5.73 Å². The molecule has 0 aliphatic carbocycles. The average Bonchev–Trinajstić information content (AvgIpc) is 2.27. The molecule has 0 bridgehead atoms. The molecule has 18 heavy (non-hydrogen) atoms. The fourth-order valence-electron chi connectivity index (χ4n) is 1.74. The smallest absolute Gasteiger partial charge is 0.295 e. The van der Waals surface area contributed by atoms with Crippen LogP contribution in [0, 0.1) is 10.1 Å². The second-order valence-electron chi connectivity index (χ2n) is 3.58. The summed E-state index contributed by atoms with van der Waals surface area (Å²) in [6.07, 6.45) is 0. The van der Waals surface area contributed by atoms with Gasteiger partial charge in [-0.2, -0.15) is 8.42 Å². The summed E-state index contributed by atoms with van der Waals surface area (Å²) in [5.74, 6) is 0. The van der Waals surface area contributed by atoms with Crippen molar-refractivity contribution in [3.63, 3.8) is 0 Å². The monoisotopic (exact) mass is 268 g/mol. The van der Waals surface area contributed by atoms with Crippen LogP contribution in [0.3, 0.4) is 0 Å². The van der Waals surface area contributed by atoms with Gasteiger partial charge in [-0.1, -0.05) is 12.1 Å². The number of benzene rings is 2. The Morgan fingerprint density at radius 3 is 2.44 bits per heavy atom. The number of non-ortho nitro benzene ring substituents is 1. The van der Waals surface area contributed by atoms with Crippen molar-refractivity contribution < 1.29 is 17.9 Å². The van der Waals surface area contributed by atoms with Gasteiger partial charge in [-0.25, -0.2) is 0 Å². The molecule has 0 saturated heterocycles. The maximum absolute atomic E-state index is 11.2. The third-order valence-electron chi connectivity index (χ3n) is 2.49. The highest BCUT2D eigenvalue weighted by atomic mass is 32.2. The van der Waals surface area contributed by atoms with E-state index in [2.05, 4.69) is 0 Å². The van der Waals surface area contributed by atoms with Crippen LogP contribution in [0.15, 0.2) is 35.2 Å². The number of nitrogen functional groups attached to an aromatic ring is 1. The van der Waals surface area contributed by atoms with Crippen LogP contribution in [0.2, 0.25) is 0 Å². The molecule has 2 rings (SSSR count). The summed E-state index contributed by atoms with van der Waals surface area (Å²) in [6, 6.07) is 6.31. The molecule has 94 valence electrons. The van der Waals surface area contributed by atoms with Gasteiger partial charge in [0.05, 0.1) is 10.3 Å². The number of hydrogen-bond acceptors (Lipinski definition) is 5. The van der Waals surface area contributed by atoms with Gasteiger partial charge in [-0.15, -0.1) is 0 Å². The summed E-state index contributed by atoms with van der Waals surface area (Å²) in [4.78, 5) is 9.64. The minimum Gasteiger partial charge on any atom is -0.398 e. The fourth-order valence-corrected chi connectivity index (χ4v) is 2.47. The lowest BCUT2D eigenvalue weighted by atomic mass is 10.1. The Morgan fingerprint density at radius 1 is 1.22 bits per heavy atom. The molecular weight excluding hydrogens is 260 g/mol. The van der Waals surface area contributed by atoms with Gasteiger partial charge in [0, 0.05) is 17.1 Å². The molecule has 0 heterocycles. The minimum absolute atomic E-state index is 0.190. The molecule has 0 unspecified atom stereocenters. The highest BCUT2D eigenvalue weighted by molar-refractivity contribution is 7.86. The number of nitrogens with zero attached hydrogens (tertiary/aromatic N) is 1. The summed E-state index contributed by atoms with van der Waals surface area (Å²) >= 11 is 0. The van der Waals surface area contributed by atoms with E-state index in [-0.39, 0.29) is 16.5 Å². The Labute approximate surface area is 102 Å². The maximum atomic E-state index is 11.2. The van der Waals surface area contributed by atoms with Crippen LogP contribution in [-0.4, -0.2) is 17.9 Å². The molecule has 7 nitrogen and oxygen atoms in total. The van der Waals surface area contributed by atoms with Crippen molar-refractivity contribution in [3.05, 3.63) is 40.4 Å². The van der Waals surface area contributed by atoms with Crippen LogP contribution in [0.5, 0.6) is 0 Å². The van der Waals surface area contributed by atoms with E-state index in [0.29, 0.717) is 0 Å². The topological polar surface area (TPSA) is 124 Å². The largest absolute Gasteiger partial charge is 0.398 e. The summed E-state index contributed by atoms with van der Waals surface area (Å²) in [5, 5.41) is 10.9. The first kappa shape index (κ1) is 12.3. The molecule has 2 aromatic rings. The first-order chi connectivity index (χ1) is 8.32. The van der Waals surface area contributed by atoms with E-state index in [9.17, 15) is 18.5 Å². The van der Waals surface area contributed by atoms with E-state index in [0.717, 1.165) is 12.1 Å². The summed E-state index contributed by atoms with van der Waals surface area (Å²) < 4.78 is 31.5. The molecule has 0 aliphatic rings. The van der Waals surface area contributed by atoms with Crippen LogP contribution in [-0.2, 0) is 10.1 Å². The van der Waals surface area contributed by atoms with E-state index >= 15 is 0 Å². The molecule has 0 atom stereocenters. The standard InChI is InChI=1S/C10H8N2O5S/c11-7-4-5-8(12(13)14)10-6(7)2-1-3-9(10)18(15,16)17/h1-5H,11H2,(H,15,16,17). The molecule has 0 spiro atoms. The molecule has 0 radical (unpaired) electrons. The number of rotatable bonds is 2. The quantitative estimate of drug-likeness (QED) is 0.369. The number of anilines is 1. The van der Waals surface area contributed by atoms with Crippen molar-refractivity contribution in [2.45, 2.75) is 4.90 Å². The van der Waals surface area contributed by atoms with Gasteiger partial charge in [0.2, 0.25) is 0 Å². The predicted octanol–water partition coefficient (Wildman–Crippen LogP) is 1.58. The lowest BCUT2D eigenvalue weighted by molar-refractivity contribution is -0.383. The number of nitrogens with two attached hydrogens (primary N) is 1. The Balaban J connectivity index is 3.07. The van der Waals surface area contributed by atoms with Gasteiger partial charge in [-0.3, -0.25) is 14.7 Å². The van der Waals surface area contributed by atoms with Crippen molar-refractivity contribution >= 4 is 32.3 Å². The van der Waals surface area contributed by atoms with E-state index in [1.54, 1.807) is 0 Å². The second-order valence-corrected chi connectivity index (χ2v) is 4.97. The summed E-state index contributed by atoms with van der Waals surface area (Å²) in [5.41, 5.74) is 5.41. The Kier molecular flexibility index (Phi) is 2.68. The van der Waals surface area contributed by atoms with Crippen molar-refractivity contribution in [2.24, 2.45) is 0 Å². The van der Waals surface area contributed by atoms with E-state index in [4.69, 9.17) is 10.3 Å². The molecule has 0 fully saturated rings. The van der Waals surface area contributed by atoms with Gasteiger partial charge >= 0.3 is 0 Å². The van der Waals surface area contributed by atoms with Crippen molar-refractivity contribution in [1.29, 1.82) is 0 Å². The molecular formula is C10H8N2O5S. The van der Waals surface area contributed by atoms with E-state index in [1.807, 2.05) is 0 Å². The SMILES string of the molecule is Nc1ccc([N+](=O)[O-])c2c(S(=O)(=O)O)cccc12. The Hall–Kier alpha value is -2.19. The van der Waals surface area contributed by atoms with Gasteiger partial charge in [-0.05, 0) is 12.1 Å². The normalized spacial score (nSPS) is 11.6. The Morgan fingerprint density at radius 2 is 1.89 bits per heavy atom. The van der Waals surface area contributed by atoms with Gasteiger partial charge in [0.25, 0.3) is 15.8 Å². The minimum atomic E-state index is -4.56. The second kappa shape index (κ2) is 3.93. The zero-order chi connectivity index (χ0) is 13.5. The van der Waals surface area contributed by atoms with Crippen molar-refractivity contribution in [2.75, 3.05) is 5.73 Å². The van der Waals surface area contributed by atoms with Gasteiger partial charge in [0.15, 0.2) is 0 Å². The lowest BCUT2D eigenvalue weighted by Crippen LogP contribution is -2.02. The van der Waals surface area contributed by atoms with Crippen LogP contribution in [0.1, 0.15) is 0 Å². The number of hydrogen-bond donors (Lipinski definition) is 2. The Bertz CT molecular complexity index is 754. The number of nitro groups is 1. The molecule has 0 saturated carbocycles. The van der Waals surface area contributed by atoms with Gasteiger partial charge in [0.1, 0.15) is 4.90 Å². The molecule has 0 aliphatic heterocycles. The third-order valence-corrected chi connectivity index (χ3v) is 3.38. The molecule has 0 aromatic heterocycles. The number of fused-ring (bicyclic) bond motifs is 1. The van der Waals surface area contributed by atoms with Crippen LogP contribution >= 0.6 is 0 Å². The molecule has 2 aromatic carbocycles. The third kappa shape index (κ3) is 1.87. The fraction of sp³-hybridized carbons (Fsp3) is 0.